The van der Waals surface area contributed by atoms with Gasteiger partial charge in [-0.1, -0.05) is 13.8 Å². The van der Waals surface area contributed by atoms with Gasteiger partial charge in [-0.3, -0.25) is 4.79 Å². The van der Waals surface area contributed by atoms with Crippen molar-refractivity contribution in [2.45, 2.75) is 26.3 Å². The highest BCUT2D eigenvalue weighted by molar-refractivity contribution is 5.72. The Kier molecular flexibility index (Phi) is 6.29. The van der Waals surface area contributed by atoms with Crippen LogP contribution in [0.3, 0.4) is 0 Å². The molecular formula is C6H15NO3. The van der Waals surface area contributed by atoms with E-state index in [1.54, 1.807) is 0 Å². The second-order valence-electron chi connectivity index (χ2n) is 2.57. The van der Waals surface area contributed by atoms with Crippen LogP contribution in [0.5, 0.6) is 0 Å². The highest BCUT2D eigenvalue weighted by Crippen LogP contribution is 2.01. The van der Waals surface area contributed by atoms with Crippen LogP contribution in [0.4, 0.5) is 0 Å². The van der Waals surface area contributed by atoms with Crippen LogP contribution in [-0.2, 0) is 4.79 Å². The first-order valence-electron chi connectivity index (χ1n) is 3.02. The zero-order valence-corrected chi connectivity index (χ0v) is 6.29. The normalized spacial score (nSPS) is 12.4. The lowest BCUT2D eigenvalue weighted by Gasteiger charge is -2.07. The molecule has 0 fully saturated rings. The van der Waals surface area contributed by atoms with E-state index in [4.69, 9.17) is 10.8 Å². The summed E-state index contributed by atoms with van der Waals surface area (Å²) < 4.78 is 0. The Labute approximate surface area is 60.3 Å². The number of rotatable bonds is 3. The standard InChI is InChI=1S/C6H13NO2.H2O/c1-4(2)3-5(7)6(8)9;/h4-5H,3,7H2,1-2H3,(H,8,9);1H2/t5-;/m0./s1. The maximum absolute atomic E-state index is 10.1. The van der Waals surface area contributed by atoms with E-state index in [0.717, 1.165) is 0 Å². The van der Waals surface area contributed by atoms with E-state index in [1.807, 2.05) is 13.8 Å². The van der Waals surface area contributed by atoms with Crippen molar-refractivity contribution in [2.24, 2.45) is 11.7 Å². The maximum Gasteiger partial charge on any atom is 0.320 e. The molecule has 0 aliphatic carbocycles. The molecular weight excluding hydrogens is 134 g/mol. The Morgan fingerprint density at radius 3 is 2.10 bits per heavy atom. The first kappa shape index (κ1) is 12.1. The van der Waals surface area contributed by atoms with Crippen molar-refractivity contribution in [1.82, 2.24) is 0 Å². The van der Waals surface area contributed by atoms with Crippen LogP contribution >= 0.6 is 0 Å². The molecule has 0 aromatic rings. The minimum atomic E-state index is -0.913. The second kappa shape index (κ2) is 5.20. The molecule has 0 rings (SSSR count). The number of hydrogen-bond acceptors (Lipinski definition) is 2. The first-order valence-corrected chi connectivity index (χ1v) is 3.02. The molecule has 0 unspecified atom stereocenters. The molecule has 0 aliphatic heterocycles. The molecule has 62 valence electrons. The molecule has 0 aliphatic rings. The summed E-state index contributed by atoms with van der Waals surface area (Å²) in [4.78, 5) is 10.1. The molecule has 1 atom stereocenters. The fourth-order valence-corrected chi connectivity index (χ4v) is 0.609. The molecule has 5 N–H and O–H groups in total. The number of hydrogen-bond donors (Lipinski definition) is 2. The summed E-state index contributed by atoms with van der Waals surface area (Å²) >= 11 is 0. The van der Waals surface area contributed by atoms with Crippen LogP contribution in [0, 0.1) is 5.92 Å². The molecule has 0 amide bonds. The average molecular weight is 149 g/mol. The molecule has 0 radical (unpaired) electrons. The second-order valence-corrected chi connectivity index (χ2v) is 2.57. The Balaban J connectivity index is 0. The van der Waals surface area contributed by atoms with E-state index in [0.29, 0.717) is 12.3 Å². The van der Waals surface area contributed by atoms with E-state index in [2.05, 4.69) is 0 Å². The molecule has 0 heterocycles. The van der Waals surface area contributed by atoms with Crippen molar-refractivity contribution in [3.63, 3.8) is 0 Å². The van der Waals surface area contributed by atoms with Crippen LogP contribution in [0.15, 0.2) is 0 Å². The molecule has 0 saturated heterocycles. The largest absolute Gasteiger partial charge is 0.480 e. The van der Waals surface area contributed by atoms with Gasteiger partial charge >= 0.3 is 5.97 Å². The van der Waals surface area contributed by atoms with Gasteiger partial charge in [-0.15, -0.1) is 0 Å². The fourth-order valence-electron chi connectivity index (χ4n) is 0.609. The molecule has 0 saturated carbocycles. The van der Waals surface area contributed by atoms with Gasteiger partial charge in [0.25, 0.3) is 0 Å². The van der Waals surface area contributed by atoms with Gasteiger partial charge in [0.2, 0.25) is 0 Å². The number of carboxylic acids is 1. The van der Waals surface area contributed by atoms with Crippen LogP contribution in [0.2, 0.25) is 0 Å². The molecule has 0 spiro atoms. The van der Waals surface area contributed by atoms with Crippen molar-refractivity contribution in [2.75, 3.05) is 0 Å². The average Bonchev–Trinajstić information content (AvgIpc) is 1.63. The van der Waals surface area contributed by atoms with Gasteiger partial charge in [-0.25, -0.2) is 0 Å². The summed E-state index contributed by atoms with van der Waals surface area (Å²) in [7, 11) is 0. The van der Waals surface area contributed by atoms with Gasteiger partial charge in [-0.05, 0) is 12.3 Å². The minimum absolute atomic E-state index is 0. The maximum atomic E-state index is 10.1. The Morgan fingerprint density at radius 2 is 2.00 bits per heavy atom. The third-order valence-electron chi connectivity index (χ3n) is 1.04. The van der Waals surface area contributed by atoms with Gasteiger partial charge < -0.3 is 16.3 Å². The third-order valence-corrected chi connectivity index (χ3v) is 1.04. The van der Waals surface area contributed by atoms with Crippen LogP contribution < -0.4 is 5.73 Å². The van der Waals surface area contributed by atoms with Crippen LogP contribution in [-0.4, -0.2) is 22.6 Å². The van der Waals surface area contributed by atoms with E-state index in [1.165, 1.54) is 0 Å². The molecule has 10 heavy (non-hydrogen) atoms. The molecule has 0 aromatic heterocycles. The number of carbonyl (C=O) groups is 1. The monoisotopic (exact) mass is 149 g/mol. The van der Waals surface area contributed by atoms with Crippen molar-refractivity contribution >= 4 is 5.97 Å². The van der Waals surface area contributed by atoms with E-state index in [9.17, 15) is 4.79 Å². The molecule has 0 aromatic carbocycles. The zero-order valence-electron chi connectivity index (χ0n) is 6.29. The van der Waals surface area contributed by atoms with Crippen molar-refractivity contribution in [3.05, 3.63) is 0 Å². The molecule has 4 nitrogen and oxygen atoms in total. The summed E-state index contributed by atoms with van der Waals surface area (Å²) in [5.74, 6) is -0.556. The summed E-state index contributed by atoms with van der Waals surface area (Å²) in [6.45, 7) is 3.89. The highest BCUT2D eigenvalue weighted by atomic mass is 16.4. The van der Waals surface area contributed by atoms with Crippen molar-refractivity contribution in [1.29, 1.82) is 0 Å². The van der Waals surface area contributed by atoms with Gasteiger partial charge in [0, 0.05) is 0 Å². The topological polar surface area (TPSA) is 94.8 Å². The van der Waals surface area contributed by atoms with Gasteiger partial charge in [-0.2, -0.15) is 0 Å². The van der Waals surface area contributed by atoms with Gasteiger partial charge in [0.15, 0.2) is 0 Å². The van der Waals surface area contributed by atoms with E-state index in [-0.39, 0.29) is 5.48 Å². The number of nitrogens with two attached hydrogens (primary N) is 1. The Hall–Kier alpha value is -0.610. The minimum Gasteiger partial charge on any atom is -0.480 e. The van der Waals surface area contributed by atoms with Crippen molar-refractivity contribution in [3.8, 4) is 0 Å². The molecule has 0 bridgehead atoms. The van der Waals surface area contributed by atoms with Crippen LogP contribution in [0.1, 0.15) is 20.3 Å². The molecule has 4 heteroatoms. The number of aliphatic carboxylic acids is 1. The van der Waals surface area contributed by atoms with Crippen molar-refractivity contribution < 1.29 is 15.4 Å². The SMILES string of the molecule is CC(C)C[C@H](N)C(=O)O.O. The lowest BCUT2D eigenvalue weighted by atomic mass is 10.1. The smallest absolute Gasteiger partial charge is 0.320 e. The summed E-state index contributed by atoms with van der Waals surface area (Å²) in [6, 6.07) is -0.690. The quantitative estimate of drug-likeness (QED) is 0.572. The van der Waals surface area contributed by atoms with Gasteiger partial charge in [0.1, 0.15) is 6.04 Å². The van der Waals surface area contributed by atoms with E-state index >= 15 is 0 Å². The predicted octanol–water partition coefficient (Wildman–Crippen LogP) is -0.380. The summed E-state index contributed by atoms with van der Waals surface area (Å²) in [5, 5.41) is 8.31. The third kappa shape index (κ3) is 5.53. The fraction of sp³-hybridized carbons (Fsp3) is 0.833. The Morgan fingerprint density at radius 1 is 1.60 bits per heavy atom. The highest BCUT2D eigenvalue weighted by Gasteiger charge is 2.11. The Bertz CT molecular complexity index is 103. The van der Waals surface area contributed by atoms with Gasteiger partial charge in [0.05, 0.1) is 0 Å². The lowest BCUT2D eigenvalue weighted by molar-refractivity contribution is -0.138. The summed E-state index contributed by atoms with van der Waals surface area (Å²) in [5.41, 5.74) is 5.22. The first-order chi connectivity index (χ1) is 4.04. The zero-order chi connectivity index (χ0) is 7.44. The van der Waals surface area contributed by atoms with Crippen LogP contribution in [0.25, 0.3) is 0 Å². The van der Waals surface area contributed by atoms with E-state index < -0.39 is 12.0 Å². The number of carboxylic acid groups (broad SMARTS) is 1. The predicted molar refractivity (Wildman–Crippen MR) is 38.7 cm³/mol. The summed E-state index contributed by atoms with van der Waals surface area (Å²) in [6.07, 6.45) is 0.551. The lowest BCUT2D eigenvalue weighted by Crippen LogP contribution is -2.31.